The summed E-state index contributed by atoms with van der Waals surface area (Å²) in [5.74, 6) is 0. The number of nitrogens with one attached hydrogen (secondary N) is 2. The molecule has 158 valence electrons. The average Bonchev–Trinajstić information content (AvgIpc) is 2.58. The van der Waals surface area contributed by atoms with Gasteiger partial charge in [0.2, 0.25) is 10.0 Å². The third-order valence-corrected chi connectivity index (χ3v) is 5.06. The number of carbonyl (C=O) groups is 1. The molecule has 0 radical (unpaired) electrons. The van der Waals surface area contributed by atoms with Gasteiger partial charge in [0, 0.05) is 25.2 Å². The molecule has 1 rings (SSSR count). The van der Waals surface area contributed by atoms with Gasteiger partial charge in [0.1, 0.15) is 5.60 Å². The lowest BCUT2D eigenvalue weighted by Gasteiger charge is -2.20. The average molecular weight is 417 g/mol. The summed E-state index contributed by atoms with van der Waals surface area (Å²) in [5, 5.41) is 13.5. The maximum Gasteiger partial charge on any atom is 0.407 e. The van der Waals surface area contributed by atoms with Crippen molar-refractivity contribution in [2.75, 3.05) is 13.1 Å². The first kappa shape index (κ1) is 23.8. The lowest BCUT2D eigenvalue weighted by Crippen LogP contribution is -2.40. The second-order valence-corrected chi connectivity index (χ2v) is 9.00. The van der Waals surface area contributed by atoms with Gasteiger partial charge >= 0.3 is 6.09 Å². The Morgan fingerprint density at radius 1 is 1.29 bits per heavy atom. The van der Waals surface area contributed by atoms with Crippen LogP contribution in [0.15, 0.2) is 29.2 Å². The van der Waals surface area contributed by atoms with Crippen LogP contribution < -0.4 is 15.8 Å². The number of ether oxygens (including phenoxy) is 1. The van der Waals surface area contributed by atoms with Gasteiger partial charge in [0.25, 0.3) is 5.69 Å². The molecular formula is C17H28N4O6S. The van der Waals surface area contributed by atoms with Gasteiger partial charge in [-0.1, -0.05) is 18.6 Å². The number of hydrogen-bond acceptors (Lipinski definition) is 7. The number of sulfonamides is 1. The zero-order valence-electron chi connectivity index (χ0n) is 16.3. The van der Waals surface area contributed by atoms with E-state index in [-0.39, 0.29) is 24.0 Å². The van der Waals surface area contributed by atoms with Gasteiger partial charge < -0.3 is 15.8 Å². The number of alkyl carbamates (subject to hydrolysis) is 1. The molecule has 1 amide bonds. The molecule has 0 spiro atoms. The Hall–Kier alpha value is -2.24. The van der Waals surface area contributed by atoms with Gasteiger partial charge in [0.05, 0.1) is 4.92 Å². The van der Waals surface area contributed by atoms with Crippen LogP contribution >= 0.6 is 0 Å². The first-order valence-corrected chi connectivity index (χ1v) is 10.4. The number of nitrogens with zero attached hydrogens (tertiary/aromatic N) is 1. The Bertz CT molecular complexity index is 776. The van der Waals surface area contributed by atoms with Crippen molar-refractivity contribution in [2.24, 2.45) is 5.73 Å². The molecule has 1 aromatic rings. The van der Waals surface area contributed by atoms with Crippen molar-refractivity contribution in [1.82, 2.24) is 10.0 Å². The summed E-state index contributed by atoms with van der Waals surface area (Å²) in [6, 6.07) is 4.88. The molecule has 0 aromatic heterocycles. The van der Waals surface area contributed by atoms with E-state index in [0.29, 0.717) is 19.3 Å². The van der Waals surface area contributed by atoms with Crippen LogP contribution in [0.3, 0.4) is 0 Å². The maximum atomic E-state index is 12.2. The zero-order chi connectivity index (χ0) is 21.4. The lowest BCUT2D eigenvalue weighted by molar-refractivity contribution is -0.387. The van der Waals surface area contributed by atoms with Crippen molar-refractivity contribution >= 4 is 21.8 Å². The van der Waals surface area contributed by atoms with Crippen molar-refractivity contribution in [3.63, 3.8) is 0 Å². The van der Waals surface area contributed by atoms with Crippen LogP contribution in [-0.2, 0) is 14.8 Å². The van der Waals surface area contributed by atoms with E-state index >= 15 is 0 Å². The highest BCUT2D eigenvalue weighted by Gasteiger charge is 2.24. The molecule has 0 aliphatic heterocycles. The van der Waals surface area contributed by atoms with Crippen LogP contribution in [0.2, 0.25) is 0 Å². The summed E-state index contributed by atoms with van der Waals surface area (Å²) < 4.78 is 32.0. The minimum absolute atomic E-state index is 0.126. The Morgan fingerprint density at radius 3 is 2.54 bits per heavy atom. The molecule has 0 bridgehead atoms. The molecule has 1 atom stereocenters. The number of hydrogen-bond donors (Lipinski definition) is 3. The minimum atomic E-state index is -3.97. The largest absolute Gasteiger partial charge is 0.444 e. The van der Waals surface area contributed by atoms with Crippen LogP contribution in [0.5, 0.6) is 0 Å². The summed E-state index contributed by atoms with van der Waals surface area (Å²) in [7, 11) is -3.97. The van der Waals surface area contributed by atoms with E-state index in [1.54, 1.807) is 20.8 Å². The molecule has 0 fully saturated rings. The molecule has 0 aliphatic rings. The van der Waals surface area contributed by atoms with Crippen LogP contribution in [0, 0.1) is 10.1 Å². The highest BCUT2D eigenvalue weighted by molar-refractivity contribution is 7.89. The molecule has 1 unspecified atom stereocenters. The van der Waals surface area contributed by atoms with Gasteiger partial charge in [-0.2, -0.15) is 0 Å². The normalized spacial score (nSPS) is 13.0. The molecule has 0 heterocycles. The lowest BCUT2D eigenvalue weighted by atomic mass is 10.1. The number of nitro benzene ring substituents is 1. The first-order valence-electron chi connectivity index (χ1n) is 8.88. The number of nitrogens with two attached hydrogens (primary N) is 1. The Labute approximate surface area is 165 Å². The summed E-state index contributed by atoms with van der Waals surface area (Å²) in [5.41, 5.74) is 4.86. The zero-order valence-corrected chi connectivity index (χ0v) is 17.1. The van der Waals surface area contributed by atoms with E-state index in [4.69, 9.17) is 10.5 Å². The SMILES string of the molecule is CC(C)(C)OC(=O)NCC(N)CCCCNS(=O)(=O)c1ccccc1[N+](=O)[O-]. The number of carbonyl (C=O) groups excluding carboxylic acids is 1. The third kappa shape index (κ3) is 8.63. The minimum Gasteiger partial charge on any atom is -0.444 e. The van der Waals surface area contributed by atoms with Crippen molar-refractivity contribution in [3.05, 3.63) is 34.4 Å². The van der Waals surface area contributed by atoms with Crippen LogP contribution in [-0.4, -0.2) is 44.2 Å². The number of amides is 1. The van der Waals surface area contributed by atoms with Crippen LogP contribution in [0.1, 0.15) is 40.0 Å². The van der Waals surface area contributed by atoms with Crippen LogP contribution in [0.25, 0.3) is 0 Å². The monoisotopic (exact) mass is 416 g/mol. The van der Waals surface area contributed by atoms with E-state index in [0.717, 1.165) is 6.07 Å². The van der Waals surface area contributed by atoms with Gasteiger partial charge in [-0.3, -0.25) is 10.1 Å². The fourth-order valence-corrected chi connectivity index (χ4v) is 3.53. The molecule has 0 aliphatic carbocycles. The van der Waals surface area contributed by atoms with E-state index in [9.17, 15) is 23.3 Å². The van der Waals surface area contributed by atoms with Gasteiger partial charge in [0.15, 0.2) is 4.90 Å². The molecule has 0 saturated heterocycles. The highest BCUT2D eigenvalue weighted by atomic mass is 32.2. The Balaban J connectivity index is 2.35. The summed E-state index contributed by atoms with van der Waals surface area (Å²) in [4.78, 5) is 21.4. The quantitative estimate of drug-likeness (QED) is 0.299. The molecule has 0 saturated carbocycles. The summed E-state index contributed by atoms with van der Waals surface area (Å²) in [6.45, 7) is 5.66. The van der Waals surface area contributed by atoms with Crippen molar-refractivity contribution in [2.45, 2.75) is 56.6 Å². The molecule has 11 heteroatoms. The molecule has 28 heavy (non-hydrogen) atoms. The third-order valence-electron chi connectivity index (χ3n) is 3.55. The number of rotatable bonds is 10. The highest BCUT2D eigenvalue weighted by Crippen LogP contribution is 2.22. The number of nitro groups is 1. The van der Waals surface area contributed by atoms with Crippen molar-refractivity contribution in [1.29, 1.82) is 0 Å². The topological polar surface area (TPSA) is 154 Å². The van der Waals surface area contributed by atoms with E-state index in [1.807, 2.05) is 0 Å². The predicted molar refractivity (Wildman–Crippen MR) is 104 cm³/mol. The standard InChI is InChI=1S/C17H28N4O6S/c1-17(2,3)27-16(22)19-12-13(18)8-6-7-11-20-28(25,26)15-10-5-4-9-14(15)21(23)24/h4-5,9-10,13,20H,6-8,11-12,18H2,1-3H3,(H,19,22). The summed E-state index contributed by atoms with van der Waals surface area (Å²) >= 11 is 0. The Morgan fingerprint density at radius 2 is 1.93 bits per heavy atom. The number of benzene rings is 1. The van der Waals surface area contributed by atoms with E-state index in [2.05, 4.69) is 10.0 Å². The van der Waals surface area contributed by atoms with E-state index in [1.165, 1.54) is 18.2 Å². The fourth-order valence-electron chi connectivity index (χ4n) is 2.28. The first-order chi connectivity index (χ1) is 12.9. The van der Waals surface area contributed by atoms with Crippen LogP contribution in [0.4, 0.5) is 10.5 Å². The maximum absolute atomic E-state index is 12.2. The Kier molecular flexibility index (Phi) is 8.79. The van der Waals surface area contributed by atoms with Gasteiger partial charge in [-0.15, -0.1) is 0 Å². The predicted octanol–water partition coefficient (Wildman–Crippen LogP) is 1.90. The van der Waals surface area contributed by atoms with E-state index < -0.39 is 32.3 Å². The molecule has 4 N–H and O–H groups in total. The van der Waals surface area contributed by atoms with Crippen molar-refractivity contribution in [3.8, 4) is 0 Å². The molecular weight excluding hydrogens is 388 g/mol. The summed E-state index contributed by atoms with van der Waals surface area (Å²) in [6.07, 6.45) is 1.15. The molecule has 1 aromatic carbocycles. The fraction of sp³-hybridized carbons (Fsp3) is 0.588. The smallest absolute Gasteiger partial charge is 0.407 e. The number of unbranched alkanes of at least 4 members (excludes halogenated alkanes) is 1. The van der Waals surface area contributed by atoms with Gasteiger partial charge in [-0.25, -0.2) is 17.9 Å². The second-order valence-electron chi connectivity index (χ2n) is 7.26. The van der Waals surface area contributed by atoms with Crippen molar-refractivity contribution < 1.29 is 22.9 Å². The number of para-hydroxylation sites is 1. The molecule has 10 nitrogen and oxygen atoms in total. The van der Waals surface area contributed by atoms with Gasteiger partial charge in [-0.05, 0) is 39.7 Å². The second kappa shape index (κ2) is 10.3.